The standard InChI is InChI=1S/C15H22N2O2S/c1-10(2)9-17-13(11-7-5-4-6-8-11)12(14(18)19)16-15(17)20-3/h7,10H,4-6,8-9H2,1-3H3,(H,18,19). The Morgan fingerprint density at radius 1 is 1.50 bits per heavy atom. The van der Waals surface area contributed by atoms with E-state index in [0.717, 1.165) is 42.2 Å². The van der Waals surface area contributed by atoms with Crippen LogP contribution in [0.3, 0.4) is 0 Å². The van der Waals surface area contributed by atoms with Gasteiger partial charge in [-0.25, -0.2) is 9.78 Å². The Labute approximate surface area is 124 Å². The molecular weight excluding hydrogens is 272 g/mol. The number of rotatable bonds is 5. The summed E-state index contributed by atoms with van der Waals surface area (Å²) in [5.74, 6) is -0.469. The molecule has 0 saturated carbocycles. The predicted molar refractivity (Wildman–Crippen MR) is 82.3 cm³/mol. The number of hydrogen-bond donors (Lipinski definition) is 1. The van der Waals surface area contributed by atoms with Gasteiger partial charge in [0, 0.05) is 6.54 Å². The lowest BCUT2D eigenvalue weighted by molar-refractivity contribution is 0.0690. The quantitative estimate of drug-likeness (QED) is 0.836. The average molecular weight is 294 g/mol. The van der Waals surface area contributed by atoms with E-state index in [1.807, 2.05) is 6.26 Å². The molecule has 1 aliphatic rings. The molecule has 1 aromatic heterocycles. The summed E-state index contributed by atoms with van der Waals surface area (Å²) < 4.78 is 2.09. The fourth-order valence-electron chi connectivity index (χ4n) is 2.65. The molecule has 0 aliphatic heterocycles. The molecule has 0 unspecified atom stereocenters. The number of carbonyl (C=O) groups is 1. The van der Waals surface area contributed by atoms with Crippen molar-refractivity contribution in [2.75, 3.05) is 6.26 Å². The average Bonchev–Trinajstić information content (AvgIpc) is 2.77. The van der Waals surface area contributed by atoms with Gasteiger partial charge in [0.15, 0.2) is 10.9 Å². The highest BCUT2D eigenvalue weighted by atomic mass is 32.2. The van der Waals surface area contributed by atoms with Crippen LogP contribution in [-0.4, -0.2) is 26.9 Å². The van der Waals surface area contributed by atoms with Gasteiger partial charge in [-0.1, -0.05) is 31.7 Å². The number of imidazole rings is 1. The van der Waals surface area contributed by atoms with Crippen LogP contribution < -0.4 is 0 Å². The van der Waals surface area contributed by atoms with E-state index in [2.05, 4.69) is 29.5 Å². The zero-order valence-corrected chi connectivity index (χ0v) is 13.2. The van der Waals surface area contributed by atoms with Crippen molar-refractivity contribution in [3.63, 3.8) is 0 Å². The monoisotopic (exact) mass is 294 g/mol. The number of aromatic nitrogens is 2. The van der Waals surface area contributed by atoms with Gasteiger partial charge in [0.1, 0.15) is 0 Å². The number of aromatic carboxylic acids is 1. The summed E-state index contributed by atoms with van der Waals surface area (Å²) in [6.07, 6.45) is 8.46. The molecule has 0 bridgehead atoms. The topological polar surface area (TPSA) is 55.1 Å². The van der Waals surface area contributed by atoms with Crippen LogP contribution in [0.15, 0.2) is 11.2 Å². The number of carboxylic acids is 1. The second kappa shape index (κ2) is 6.48. The first-order valence-corrected chi connectivity index (χ1v) is 8.34. The summed E-state index contributed by atoms with van der Waals surface area (Å²) in [7, 11) is 0. The third kappa shape index (κ3) is 3.08. The van der Waals surface area contributed by atoms with Crippen molar-refractivity contribution in [1.29, 1.82) is 0 Å². The second-order valence-corrected chi connectivity index (χ2v) is 6.35. The maximum Gasteiger partial charge on any atom is 0.356 e. The van der Waals surface area contributed by atoms with E-state index < -0.39 is 5.97 Å². The van der Waals surface area contributed by atoms with Gasteiger partial charge in [-0.3, -0.25) is 0 Å². The van der Waals surface area contributed by atoms with E-state index in [-0.39, 0.29) is 5.69 Å². The molecule has 0 radical (unpaired) electrons. The number of hydrogen-bond acceptors (Lipinski definition) is 3. The Morgan fingerprint density at radius 3 is 2.75 bits per heavy atom. The number of thioether (sulfide) groups is 1. The molecular formula is C15H22N2O2S. The van der Waals surface area contributed by atoms with E-state index in [4.69, 9.17) is 0 Å². The van der Waals surface area contributed by atoms with Gasteiger partial charge in [-0.2, -0.15) is 0 Å². The molecule has 5 heteroatoms. The van der Waals surface area contributed by atoms with Crippen LogP contribution in [0.2, 0.25) is 0 Å². The van der Waals surface area contributed by atoms with Crippen LogP contribution in [-0.2, 0) is 6.54 Å². The highest BCUT2D eigenvalue weighted by molar-refractivity contribution is 7.98. The third-order valence-corrected chi connectivity index (χ3v) is 4.14. The molecule has 1 heterocycles. The van der Waals surface area contributed by atoms with Gasteiger partial charge in [0.05, 0.1) is 5.69 Å². The lowest BCUT2D eigenvalue weighted by Crippen LogP contribution is -2.12. The van der Waals surface area contributed by atoms with E-state index in [1.165, 1.54) is 18.2 Å². The second-order valence-electron chi connectivity index (χ2n) is 5.58. The molecule has 0 amide bonds. The normalized spacial score (nSPS) is 15.5. The zero-order valence-electron chi connectivity index (χ0n) is 12.3. The maximum absolute atomic E-state index is 11.5. The van der Waals surface area contributed by atoms with E-state index in [9.17, 15) is 9.90 Å². The predicted octanol–water partition coefficient (Wildman–Crippen LogP) is 3.92. The van der Waals surface area contributed by atoms with Crippen molar-refractivity contribution in [1.82, 2.24) is 9.55 Å². The first-order chi connectivity index (χ1) is 9.54. The van der Waals surface area contributed by atoms with E-state index in [1.54, 1.807) is 0 Å². The van der Waals surface area contributed by atoms with Crippen LogP contribution in [0.4, 0.5) is 0 Å². The Kier molecular flexibility index (Phi) is 4.91. The van der Waals surface area contributed by atoms with Crippen LogP contribution in [0, 0.1) is 5.92 Å². The Balaban J connectivity index is 2.56. The maximum atomic E-state index is 11.5. The SMILES string of the molecule is CSc1nc(C(=O)O)c(C2=CCCCC2)n1CC(C)C. The first kappa shape index (κ1) is 15.2. The minimum Gasteiger partial charge on any atom is -0.476 e. The van der Waals surface area contributed by atoms with Crippen molar-refractivity contribution in [3.8, 4) is 0 Å². The van der Waals surface area contributed by atoms with Gasteiger partial charge in [0.25, 0.3) is 0 Å². The molecule has 1 aliphatic carbocycles. The van der Waals surface area contributed by atoms with Gasteiger partial charge in [-0.05, 0) is 43.4 Å². The van der Waals surface area contributed by atoms with Crippen molar-refractivity contribution in [2.24, 2.45) is 5.92 Å². The van der Waals surface area contributed by atoms with Crippen LogP contribution in [0.1, 0.15) is 55.7 Å². The highest BCUT2D eigenvalue weighted by Crippen LogP contribution is 2.32. The minimum atomic E-state index is -0.927. The molecule has 110 valence electrons. The fraction of sp³-hybridized carbons (Fsp3) is 0.600. The molecule has 4 nitrogen and oxygen atoms in total. The van der Waals surface area contributed by atoms with Gasteiger partial charge in [-0.15, -0.1) is 0 Å². The third-order valence-electron chi connectivity index (χ3n) is 3.46. The molecule has 20 heavy (non-hydrogen) atoms. The molecule has 1 aromatic rings. The molecule has 0 fully saturated rings. The minimum absolute atomic E-state index is 0.211. The number of carboxylic acid groups (broad SMARTS) is 1. The Morgan fingerprint density at radius 2 is 2.25 bits per heavy atom. The van der Waals surface area contributed by atoms with Gasteiger partial charge >= 0.3 is 5.97 Å². The highest BCUT2D eigenvalue weighted by Gasteiger charge is 2.25. The first-order valence-electron chi connectivity index (χ1n) is 7.11. The molecule has 0 aromatic carbocycles. The zero-order chi connectivity index (χ0) is 14.7. The fourth-order valence-corrected chi connectivity index (χ4v) is 3.22. The van der Waals surface area contributed by atoms with E-state index >= 15 is 0 Å². The Hall–Kier alpha value is -1.23. The van der Waals surface area contributed by atoms with Crippen LogP contribution >= 0.6 is 11.8 Å². The Bertz CT molecular complexity index is 532. The number of allylic oxidation sites excluding steroid dienone is 2. The van der Waals surface area contributed by atoms with Crippen molar-refractivity contribution >= 4 is 23.3 Å². The lowest BCUT2D eigenvalue weighted by atomic mass is 9.96. The summed E-state index contributed by atoms with van der Waals surface area (Å²) in [6, 6.07) is 0. The summed E-state index contributed by atoms with van der Waals surface area (Å²) >= 11 is 1.52. The van der Waals surface area contributed by atoms with E-state index in [0.29, 0.717) is 5.92 Å². The largest absolute Gasteiger partial charge is 0.476 e. The van der Waals surface area contributed by atoms with Crippen molar-refractivity contribution < 1.29 is 9.90 Å². The smallest absolute Gasteiger partial charge is 0.356 e. The lowest BCUT2D eigenvalue weighted by Gasteiger charge is -2.18. The number of nitrogens with zero attached hydrogens (tertiary/aromatic N) is 2. The van der Waals surface area contributed by atoms with Crippen molar-refractivity contribution in [2.45, 2.75) is 51.2 Å². The molecule has 0 atom stereocenters. The van der Waals surface area contributed by atoms with Crippen LogP contribution in [0.25, 0.3) is 5.57 Å². The van der Waals surface area contributed by atoms with Gasteiger partial charge in [0.2, 0.25) is 0 Å². The molecule has 0 spiro atoms. The summed E-state index contributed by atoms with van der Waals surface area (Å²) in [5, 5.41) is 10.3. The molecule has 0 saturated heterocycles. The molecule has 2 rings (SSSR count). The van der Waals surface area contributed by atoms with Crippen LogP contribution in [0.5, 0.6) is 0 Å². The molecule has 1 N–H and O–H groups in total. The summed E-state index contributed by atoms with van der Waals surface area (Å²) in [4.78, 5) is 15.9. The van der Waals surface area contributed by atoms with Crippen molar-refractivity contribution in [3.05, 3.63) is 17.5 Å². The summed E-state index contributed by atoms with van der Waals surface area (Å²) in [6.45, 7) is 5.09. The van der Waals surface area contributed by atoms with Gasteiger partial charge < -0.3 is 9.67 Å². The summed E-state index contributed by atoms with van der Waals surface area (Å²) in [5.41, 5.74) is 2.19.